The monoisotopic (exact) mass is 259 g/mol. The van der Waals surface area contributed by atoms with Crippen LogP contribution < -0.4 is 10.2 Å². The summed E-state index contributed by atoms with van der Waals surface area (Å²) in [6.45, 7) is 3.42. The fourth-order valence-corrected chi connectivity index (χ4v) is 2.77. The van der Waals surface area contributed by atoms with Crippen LogP contribution in [-0.2, 0) is 9.59 Å². The molecule has 2 amide bonds. The predicted molar refractivity (Wildman–Crippen MR) is 71.8 cm³/mol. The number of para-hydroxylation sites is 1. The molecule has 2 aliphatic rings. The second-order valence-electron chi connectivity index (χ2n) is 4.99. The Balaban J connectivity index is 1.61. The highest BCUT2D eigenvalue weighted by Crippen LogP contribution is 2.18. The average molecular weight is 259 g/mol. The zero-order chi connectivity index (χ0) is 13.2. The molecule has 100 valence electrons. The van der Waals surface area contributed by atoms with Crippen molar-refractivity contribution in [1.29, 1.82) is 0 Å². The van der Waals surface area contributed by atoms with Crippen LogP contribution in [0.25, 0.3) is 0 Å². The molecular formula is C14H17N3O2. The summed E-state index contributed by atoms with van der Waals surface area (Å²) in [5.41, 5.74) is 1.22. The Morgan fingerprint density at radius 2 is 1.68 bits per heavy atom. The Bertz CT molecular complexity index is 481. The number of benzene rings is 1. The molecule has 0 aliphatic carbocycles. The van der Waals surface area contributed by atoms with Gasteiger partial charge in [-0.1, -0.05) is 18.2 Å². The number of nitrogens with one attached hydrogen (secondary N) is 1. The largest absolute Gasteiger partial charge is 0.369 e. The minimum absolute atomic E-state index is 0.141. The molecule has 1 unspecified atom stereocenters. The molecule has 5 nitrogen and oxygen atoms in total. The predicted octanol–water partition coefficient (Wildman–Crippen LogP) is 0.224. The van der Waals surface area contributed by atoms with Gasteiger partial charge in [-0.3, -0.25) is 19.8 Å². The Morgan fingerprint density at radius 3 is 2.26 bits per heavy atom. The normalized spacial score (nSPS) is 24.6. The summed E-state index contributed by atoms with van der Waals surface area (Å²) in [6, 6.07) is 10.0. The molecule has 0 saturated carbocycles. The molecule has 0 radical (unpaired) electrons. The van der Waals surface area contributed by atoms with E-state index in [0.717, 1.165) is 26.2 Å². The summed E-state index contributed by atoms with van der Waals surface area (Å²) in [6.07, 6.45) is 0.310. The maximum atomic E-state index is 11.6. The second kappa shape index (κ2) is 5.01. The first-order valence-electron chi connectivity index (χ1n) is 6.62. The highest BCUT2D eigenvalue weighted by atomic mass is 16.2. The summed E-state index contributed by atoms with van der Waals surface area (Å²) in [4.78, 5) is 27.3. The summed E-state index contributed by atoms with van der Waals surface area (Å²) in [5.74, 6) is -0.293. The van der Waals surface area contributed by atoms with Crippen LogP contribution in [0.1, 0.15) is 6.42 Å². The lowest BCUT2D eigenvalue weighted by Crippen LogP contribution is -2.52. The molecule has 1 atom stereocenters. The summed E-state index contributed by atoms with van der Waals surface area (Å²) in [5, 5.41) is 2.37. The minimum atomic E-state index is -0.259. The van der Waals surface area contributed by atoms with E-state index in [1.807, 2.05) is 18.2 Å². The van der Waals surface area contributed by atoms with Gasteiger partial charge in [0.05, 0.1) is 12.5 Å². The van der Waals surface area contributed by atoms with Crippen molar-refractivity contribution in [1.82, 2.24) is 10.2 Å². The Morgan fingerprint density at radius 1 is 1.00 bits per heavy atom. The van der Waals surface area contributed by atoms with Gasteiger partial charge in [-0.25, -0.2) is 0 Å². The van der Waals surface area contributed by atoms with E-state index in [2.05, 4.69) is 27.2 Å². The lowest BCUT2D eigenvalue weighted by Gasteiger charge is -2.37. The van der Waals surface area contributed by atoms with Crippen LogP contribution in [0.3, 0.4) is 0 Å². The SMILES string of the molecule is O=C1CC(N2CCN(c3ccccc3)CC2)C(=O)N1. The topological polar surface area (TPSA) is 52.7 Å². The molecular weight excluding hydrogens is 242 g/mol. The Kier molecular flexibility index (Phi) is 3.21. The van der Waals surface area contributed by atoms with Gasteiger partial charge in [0.15, 0.2) is 0 Å². The van der Waals surface area contributed by atoms with Crippen molar-refractivity contribution in [3.63, 3.8) is 0 Å². The molecule has 3 rings (SSSR count). The van der Waals surface area contributed by atoms with Crippen molar-refractivity contribution in [2.45, 2.75) is 12.5 Å². The highest BCUT2D eigenvalue weighted by molar-refractivity contribution is 6.05. The third-order valence-corrected chi connectivity index (χ3v) is 3.82. The first-order valence-corrected chi connectivity index (χ1v) is 6.62. The van der Waals surface area contributed by atoms with E-state index in [1.165, 1.54) is 5.69 Å². The molecule has 2 saturated heterocycles. The molecule has 2 heterocycles. The van der Waals surface area contributed by atoms with Crippen molar-refractivity contribution in [2.24, 2.45) is 0 Å². The zero-order valence-corrected chi connectivity index (χ0v) is 10.7. The third-order valence-electron chi connectivity index (χ3n) is 3.82. The van der Waals surface area contributed by atoms with Gasteiger partial charge in [-0.2, -0.15) is 0 Å². The maximum absolute atomic E-state index is 11.6. The van der Waals surface area contributed by atoms with E-state index in [1.54, 1.807) is 0 Å². The van der Waals surface area contributed by atoms with Crippen molar-refractivity contribution in [3.8, 4) is 0 Å². The van der Waals surface area contributed by atoms with E-state index >= 15 is 0 Å². The summed E-state index contributed by atoms with van der Waals surface area (Å²) in [7, 11) is 0. The van der Waals surface area contributed by atoms with Crippen LogP contribution in [-0.4, -0.2) is 48.9 Å². The Labute approximate surface area is 112 Å². The Hall–Kier alpha value is -1.88. The first kappa shape index (κ1) is 12.2. The van der Waals surface area contributed by atoms with Crippen LogP contribution in [0.2, 0.25) is 0 Å². The van der Waals surface area contributed by atoms with E-state index in [9.17, 15) is 9.59 Å². The van der Waals surface area contributed by atoms with Gasteiger partial charge in [-0.15, -0.1) is 0 Å². The second-order valence-corrected chi connectivity index (χ2v) is 4.99. The summed E-state index contributed by atoms with van der Waals surface area (Å²) >= 11 is 0. The number of amides is 2. The number of rotatable bonds is 2. The number of nitrogens with zero attached hydrogens (tertiary/aromatic N) is 2. The van der Waals surface area contributed by atoms with Gasteiger partial charge in [0.1, 0.15) is 0 Å². The van der Waals surface area contributed by atoms with Crippen molar-refractivity contribution in [2.75, 3.05) is 31.1 Å². The number of anilines is 1. The average Bonchev–Trinajstić information content (AvgIpc) is 2.79. The van der Waals surface area contributed by atoms with Gasteiger partial charge in [0, 0.05) is 31.9 Å². The number of hydrogen-bond donors (Lipinski definition) is 1. The first-order chi connectivity index (χ1) is 9.24. The van der Waals surface area contributed by atoms with Crippen molar-refractivity contribution >= 4 is 17.5 Å². The number of piperazine rings is 1. The van der Waals surface area contributed by atoms with Crippen LogP contribution in [0.15, 0.2) is 30.3 Å². The van der Waals surface area contributed by atoms with E-state index in [-0.39, 0.29) is 17.9 Å². The molecule has 2 aliphatic heterocycles. The van der Waals surface area contributed by atoms with Gasteiger partial charge in [0.25, 0.3) is 0 Å². The number of carbonyl (C=O) groups excluding carboxylic acids is 2. The lowest BCUT2D eigenvalue weighted by molar-refractivity contribution is -0.126. The van der Waals surface area contributed by atoms with Gasteiger partial charge >= 0.3 is 0 Å². The minimum Gasteiger partial charge on any atom is -0.369 e. The molecule has 5 heteroatoms. The van der Waals surface area contributed by atoms with Crippen LogP contribution in [0.5, 0.6) is 0 Å². The van der Waals surface area contributed by atoms with Crippen LogP contribution in [0, 0.1) is 0 Å². The smallest absolute Gasteiger partial charge is 0.244 e. The number of hydrogen-bond acceptors (Lipinski definition) is 4. The lowest BCUT2D eigenvalue weighted by atomic mass is 10.1. The van der Waals surface area contributed by atoms with E-state index in [4.69, 9.17) is 0 Å². The summed E-state index contributed by atoms with van der Waals surface area (Å²) < 4.78 is 0. The molecule has 0 aromatic heterocycles. The molecule has 1 aromatic carbocycles. The number of carbonyl (C=O) groups is 2. The highest BCUT2D eigenvalue weighted by Gasteiger charge is 2.36. The molecule has 2 fully saturated rings. The van der Waals surface area contributed by atoms with E-state index < -0.39 is 0 Å². The third kappa shape index (κ3) is 2.46. The van der Waals surface area contributed by atoms with Crippen LogP contribution in [0.4, 0.5) is 5.69 Å². The zero-order valence-electron chi connectivity index (χ0n) is 10.7. The standard InChI is InChI=1S/C14H17N3O2/c18-13-10-12(14(19)15-13)17-8-6-16(7-9-17)11-4-2-1-3-5-11/h1-5,12H,6-10H2,(H,15,18,19). The maximum Gasteiger partial charge on any atom is 0.244 e. The van der Waals surface area contributed by atoms with Gasteiger partial charge in [0.2, 0.25) is 11.8 Å². The molecule has 1 N–H and O–H groups in total. The van der Waals surface area contributed by atoms with Gasteiger partial charge in [-0.05, 0) is 12.1 Å². The van der Waals surface area contributed by atoms with Crippen molar-refractivity contribution in [3.05, 3.63) is 30.3 Å². The molecule has 0 spiro atoms. The fourth-order valence-electron chi connectivity index (χ4n) is 2.77. The fraction of sp³-hybridized carbons (Fsp3) is 0.429. The quantitative estimate of drug-likeness (QED) is 0.772. The van der Waals surface area contributed by atoms with E-state index in [0.29, 0.717) is 6.42 Å². The van der Waals surface area contributed by atoms with Gasteiger partial charge < -0.3 is 4.90 Å². The number of imide groups is 1. The molecule has 19 heavy (non-hydrogen) atoms. The molecule has 1 aromatic rings. The van der Waals surface area contributed by atoms with Crippen molar-refractivity contribution < 1.29 is 9.59 Å². The molecule has 0 bridgehead atoms. The van der Waals surface area contributed by atoms with Crippen LogP contribution >= 0.6 is 0 Å².